The topological polar surface area (TPSA) is 34.3 Å². The molecule has 0 amide bonds. The van der Waals surface area contributed by atoms with Crippen molar-refractivity contribution in [1.29, 1.82) is 0 Å². The van der Waals surface area contributed by atoms with E-state index in [1.165, 1.54) is 10.9 Å². The monoisotopic (exact) mass is 617 g/mol. The SMILES string of the molecule is CC(C)(C)[N-]B(c1ccccc1)N([As]1N(C(C)(C)C)B(c2ccccc2)[NH+]1C(C)(C)C)C(C)(C)C.CCOCC.[Li+]. The van der Waals surface area contributed by atoms with Crippen molar-refractivity contribution >= 4 is 40.2 Å². The van der Waals surface area contributed by atoms with E-state index in [0.717, 1.165) is 13.2 Å². The van der Waals surface area contributed by atoms with E-state index in [1.807, 2.05) is 13.8 Å². The van der Waals surface area contributed by atoms with Crippen molar-refractivity contribution in [3.63, 3.8) is 0 Å². The molecule has 0 aromatic heterocycles. The number of rotatable bonds is 7. The van der Waals surface area contributed by atoms with E-state index in [0.29, 0.717) is 6.98 Å². The van der Waals surface area contributed by atoms with Crippen molar-refractivity contribution in [1.82, 2.24) is 7.46 Å². The van der Waals surface area contributed by atoms with Crippen molar-refractivity contribution in [2.75, 3.05) is 13.2 Å². The van der Waals surface area contributed by atoms with E-state index in [2.05, 4.69) is 151 Å². The fourth-order valence-electron chi connectivity index (χ4n) is 5.15. The Hall–Kier alpha value is -0.474. The maximum absolute atomic E-state index is 5.50. The van der Waals surface area contributed by atoms with E-state index >= 15 is 0 Å². The Kier molecular flexibility index (Phi) is 14.6. The molecule has 0 aliphatic carbocycles. The van der Waals surface area contributed by atoms with E-state index in [9.17, 15) is 0 Å². The van der Waals surface area contributed by atoms with Gasteiger partial charge >= 0.3 is 241 Å². The molecule has 5 nitrogen and oxygen atoms in total. The van der Waals surface area contributed by atoms with Gasteiger partial charge in [0.2, 0.25) is 0 Å². The molecule has 1 saturated heterocycles. The average Bonchev–Trinajstić information content (AvgIpc) is 2.79. The molecule has 41 heavy (non-hydrogen) atoms. The fraction of sp³-hybridized carbons (Fsp3) is 0.625. The summed E-state index contributed by atoms with van der Waals surface area (Å²) in [6.07, 6.45) is 0. The van der Waals surface area contributed by atoms with Crippen LogP contribution in [0.1, 0.15) is 96.9 Å². The van der Waals surface area contributed by atoms with Gasteiger partial charge in [-0.1, -0.05) is 0 Å². The Morgan fingerprint density at radius 1 is 0.805 bits per heavy atom. The molecule has 0 spiro atoms. The minimum absolute atomic E-state index is 0. The zero-order valence-electron chi connectivity index (χ0n) is 29.0. The van der Waals surface area contributed by atoms with Crippen molar-refractivity contribution < 1.29 is 27.3 Å². The molecule has 2 aromatic carbocycles. The number of nitrogens with one attached hydrogen (secondary N) is 1. The van der Waals surface area contributed by atoms with Crippen LogP contribution >= 0.6 is 0 Å². The van der Waals surface area contributed by atoms with Crippen LogP contribution in [0.4, 0.5) is 0 Å². The summed E-state index contributed by atoms with van der Waals surface area (Å²) in [5, 5.41) is 5.50. The molecule has 2 aromatic rings. The Labute approximate surface area is 271 Å². The predicted molar refractivity (Wildman–Crippen MR) is 179 cm³/mol. The van der Waals surface area contributed by atoms with Gasteiger partial charge in [-0.15, -0.1) is 0 Å². The molecular weight excluding hydrogens is 560 g/mol. The van der Waals surface area contributed by atoms with Gasteiger partial charge in [0.05, 0.1) is 0 Å². The van der Waals surface area contributed by atoms with E-state index in [4.69, 9.17) is 9.96 Å². The molecule has 3 rings (SSSR count). The smallest absolute Gasteiger partial charge is 0.382 e. The molecule has 0 bridgehead atoms. The summed E-state index contributed by atoms with van der Waals surface area (Å²) in [4.78, 5) is 0. The molecule has 222 valence electrons. The van der Waals surface area contributed by atoms with Crippen molar-refractivity contribution in [2.24, 2.45) is 0 Å². The first kappa shape index (κ1) is 38.6. The maximum atomic E-state index is 5.50. The maximum Gasteiger partial charge on any atom is 1.00 e. The zero-order valence-corrected chi connectivity index (χ0v) is 30.9. The van der Waals surface area contributed by atoms with E-state index in [1.54, 1.807) is 3.73 Å². The number of ether oxygens (including phenoxy) is 1. The van der Waals surface area contributed by atoms with Gasteiger partial charge in [0.15, 0.2) is 0 Å². The summed E-state index contributed by atoms with van der Waals surface area (Å²) in [6, 6.07) is 22.1. The summed E-state index contributed by atoms with van der Waals surface area (Å²) in [6.45, 7) is 34.3. The van der Waals surface area contributed by atoms with Crippen LogP contribution in [0.2, 0.25) is 0 Å². The normalized spacial score (nSPS) is 18.3. The number of hydrogen-bond acceptors (Lipinski definition) is 3. The number of nitrogens with zero attached hydrogens (tertiary/aromatic N) is 3. The van der Waals surface area contributed by atoms with E-state index < -0.39 is 15.3 Å². The van der Waals surface area contributed by atoms with Crippen molar-refractivity contribution in [2.45, 2.75) is 119 Å². The van der Waals surface area contributed by atoms with Gasteiger partial charge in [-0.25, -0.2) is 0 Å². The van der Waals surface area contributed by atoms with Crippen LogP contribution in [0.15, 0.2) is 60.7 Å². The molecule has 0 radical (unpaired) electrons. The third kappa shape index (κ3) is 10.6. The van der Waals surface area contributed by atoms with Gasteiger partial charge in [0.1, 0.15) is 0 Å². The van der Waals surface area contributed by atoms with Gasteiger partial charge in [-0.3, -0.25) is 0 Å². The molecule has 1 heterocycles. The second-order valence-electron chi connectivity index (χ2n) is 14.6. The Balaban J connectivity index is 0.00000129. The quantitative estimate of drug-likeness (QED) is 0.483. The molecule has 1 aliphatic rings. The molecule has 2 atom stereocenters. The number of benzene rings is 2. The molecular formula is C32H57AsB2LiN4O+. The Bertz CT molecular complexity index is 996. The third-order valence-electron chi connectivity index (χ3n) is 6.63. The minimum atomic E-state index is -1.87. The summed E-state index contributed by atoms with van der Waals surface area (Å²) >= 11 is -1.87. The zero-order chi connectivity index (χ0) is 30.5. The second kappa shape index (κ2) is 15.5. The first-order valence-electron chi connectivity index (χ1n) is 15.0. The van der Waals surface area contributed by atoms with Gasteiger partial charge in [0, 0.05) is 13.2 Å². The van der Waals surface area contributed by atoms with Gasteiger partial charge in [0.25, 0.3) is 0 Å². The molecule has 1 N–H and O–H groups in total. The second-order valence-corrected chi connectivity index (χ2v) is 18.7. The van der Waals surface area contributed by atoms with Crippen LogP contribution in [0.5, 0.6) is 0 Å². The first-order valence-corrected chi connectivity index (χ1v) is 17.6. The van der Waals surface area contributed by atoms with Crippen molar-refractivity contribution in [3.8, 4) is 0 Å². The van der Waals surface area contributed by atoms with E-state index in [-0.39, 0.29) is 48.0 Å². The average molecular weight is 617 g/mol. The molecule has 2 unspecified atom stereocenters. The fourth-order valence-corrected chi connectivity index (χ4v) is 12.7. The minimum Gasteiger partial charge on any atom is -0.382 e. The number of hydrogen-bond donors (Lipinski definition) is 1. The summed E-state index contributed by atoms with van der Waals surface area (Å²) in [5.74, 6) is 0. The van der Waals surface area contributed by atoms with Gasteiger partial charge < -0.3 is 4.74 Å². The van der Waals surface area contributed by atoms with Crippen LogP contribution < -0.4 is 33.5 Å². The van der Waals surface area contributed by atoms with Crippen LogP contribution in [0.3, 0.4) is 0 Å². The standard InChI is InChI=1S/C28H46AsB2N4.C4H10O.Li/c1-25(2,3)32-30(23-19-15-13-16-20-23)33(26(4,5)6)29-34(27(7,8)9)31(35(29)28(10,11)12)24-21-17-14-18-22-24;1-3-5-4-2;/h13-22H,1-12H3;3-4H2,1-2H3;/q-1;;+1/p+1. The van der Waals surface area contributed by atoms with Crippen LogP contribution in [0, 0.1) is 0 Å². The summed E-state index contributed by atoms with van der Waals surface area (Å²) < 4.78 is 12.2. The molecule has 1 aliphatic heterocycles. The Morgan fingerprint density at radius 2 is 1.27 bits per heavy atom. The number of quaternary nitrogens is 1. The molecule has 9 heteroatoms. The first-order chi connectivity index (χ1) is 18.3. The Morgan fingerprint density at radius 3 is 1.61 bits per heavy atom. The largest absolute Gasteiger partial charge is 1.00 e. The third-order valence-corrected chi connectivity index (χ3v) is 14.6. The summed E-state index contributed by atoms with van der Waals surface area (Å²) in [7, 11) is 0. The van der Waals surface area contributed by atoms with Crippen LogP contribution in [-0.2, 0) is 4.74 Å². The molecule has 1 fully saturated rings. The van der Waals surface area contributed by atoms with Gasteiger partial charge in [-0.2, -0.15) is 0 Å². The van der Waals surface area contributed by atoms with Crippen molar-refractivity contribution in [3.05, 3.63) is 65.9 Å². The molecule has 0 saturated carbocycles. The van der Waals surface area contributed by atoms with Crippen LogP contribution in [-0.4, -0.2) is 72.1 Å². The predicted octanol–water partition coefficient (Wildman–Crippen LogP) is 1.88. The summed E-state index contributed by atoms with van der Waals surface area (Å²) in [5.41, 5.74) is 2.66. The van der Waals surface area contributed by atoms with Gasteiger partial charge in [-0.05, 0) is 13.8 Å². The van der Waals surface area contributed by atoms with Crippen LogP contribution in [0.25, 0.3) is 5.23 Å².